The summed E-state index contributed by atoms with van der Waals surface area (Å²) in [4.78, 5) is 31.6. The number of thiazole rings is 1. The van der Waals surface area contributed by atoms with Crippen molar-refractivity contribution >= 4 is 34.0 Å². The van der Waals surface area contributed by atoms with E-state index in [1.807, 2.05) is 18.3 Å². The highest BCUT2D eigenvalue weighted by Crippen LogP contribution is 2.32. The first-order valence-corrected chi connectivity index (χ1v) is 9.82. The van der Waals surface area contributed by atoms with Gasteiger partial charge in [0.2, 0.25) is 5.91 Å². The molecular formula is C19H22N4O2S. The zero-order valence-electron chi connectivity index (χ0n) is 14.7. The van der Waals surface area contributed by atoms with Crippen molar-refractivity contribution in [1.29, 1.82) is 0 Å². The fourth-order valence-electron chi connectivity index (χ4n) is 3.68. The molecule has 1 saturated heterocycles. The lowest BCUT2D eigenvalue weighted by molar-refractivity contribution is -0.116. The van der Waals surface area contributed by atoms with E-state index in [1.54, 1.807) is 29.2 Å². The third-order valence-electron chi connectivity index (χ3n) is 5.10. The summed E-state index contributed by atoms with van der Waals surface area (Å²) in [6, 6.07) is 5.52. The molecule has 0 saturated carbocycles. The van der Waals surface area contributed by atoms with E-state index in [2.05, 4.69) is 15.6 Å². The predicted molar refractivity (Wildman–Crippen MR) is 103 cm³/mol. The van der Waals surface area contributed by atoms with Crippen LogP contribution in [0.3, 0.4) is 0 Å². The van der Waals surface area contributed by atoms with Gasteiger partial charge in [-0.15, -0.1) is 11.3 Å². The summed E-state index contributed by atoms with van der Waals surface area (Å²) in [5.41, 5.74) is 2.56. The molecule has 1 aromatic heterocycles. The molecule has 4 rings (SSSR count). The molecule has 2 aromatic rings. The number of rotatable bonds is 3. The number of carbonyl (C=O) groups excluding carboxylic acids is 2. The van der Waals surface area contributed by atoms with Crippen LogP contribution in [-0.4, -0.2) is 36.4 Å². The van der Waals surface area contributed by atoms with Crippen LogP contribution >= 0.6 is 11.3 Å². The van der Waals surface area contributed by atoms with E-state index in [9.17, 15) is 9.59 Å². The minimum atomic E-state index is -0.153. The molecule has 2 aliphatic heterocycles. The second-order valence-corrected chi connectivity index (χ2v) is 7.87. The van der Waals surface area contributed by atoms with Crippen molar-refractivity contribution in [2.75, 3.05) is 29.9 Å². The maximum absolute atomic E-state index is 12.6. The summed E-state index contributed by atoms with van der Waals surface area (Å²) in [7, 11) is 0. The Balaban J connectivity index is 1.46. The maximum Gasteiger partial charge on any atom is 0.257 e. The first-order valence-electron chi connectivity index (χ1n) is 9.00. The van der Waals surface area contributed by atoms with E-state index in [0.717, 1.165) is 43.6 Å². The normalized spacial score (nSPS) is 17.2. The van der Waals surface area contributed by atoms with E-state index in [-0.39, 0.29) is 11.8 Å². The second-order valence-electron chi connectivity index (χ2n) is 6.81. The molecule has 136 valence electrons. The van der Waals surface area contributed by atoms with Crippen LogP contribution in [0.15, 0.2) is 24.4 Å². The lowest BCUT2D eigenvalue weighted by Crippen LogP contribution is -2.26. The zero-order chi connectivity index (χ0) is 18.1. The Hall–Kier alpha value is -2.25. The highest BCUT2D eigenvalue weighted by molar-refractivity contribution is 7.15. The van der Waals surface area contributed by atoms with Gasteiger partial charge in [-0.25, -0.2) is 4.98 Å². The molecule has 1 fully saturated rings. The number of hydrogen-bond donors (Lipinski definition) is 2. The molecule has 0 aliphatic carbocycles. The lowest BCUT2D eigenvalue weighted by Gasteiger charge is -2.20. The molecule has 6 nitrogen and oxygen atoms in total. The summed E-state index contributed by atoms with van der Waals surface area (Å²) >= 11 is 1.57. The van der Waals surface area contributed by atoms with Gasteiger partial charge in [-0.05, 0) is 62.0 Å². The van der Waals surface area contributed by atoms with Crippen molar-refractivity contribution in [3.05, 3.63) is 40.4 Å². The fourth-order valence-corrected chi connectivity index (χ4v) is 4.66. The smallest absolute Gasteiger partial charge is 0.257 e. The number of nitrogens with one attached hydrogen (secondary N) is 2. The van der Waals surface area contributed by atoms with Gasteiger partial charge in [0.05, 0.1) is 0 Å². The van der Waals surface area contributed by atoms with Crippen LogP contribution in [-0.2, 0) is 11.2 Å². The standard InChI is InChI=1S/C19H22N4O2S/c1-12(24)23-9-6-14-10-15(2-3-16(14)23)18(25)22-19-21-11-17(26-19)13-4-7-20-8-5-13/h2-3,10-11,13,20H,4-9H2,1H3,(H,21,22,25). The molecule has 2 amide bonds. The molecule has 0 unspecified atom stereocenters. The number of aromatic nitrogens is 1. The Kier molecular flexibility index (Phi) is 4.74. The van der Waals surface area contributed by atoms with E-state index in [4.69, 9.17) is 0 Å². The molecule has 26 heavy (non-hydrogen) atoms. The molecule has 2 N–H and O–H groups in total. The quantitative estimate of drug-likeness (QED) is 0.871. The Morgan fingerprint density at radius 1 is 1.31 bits per heavy atom. The number of anilines is 2. The molecule has 0 atom stereocenters. The largest absolute Gasteiger partial charge is 0.317 e. The van der Waals surface area contributed by atoms with Gasteiger partial charge in [0.1, 0.15) is 0 Å². The average Bonchev–Trinajstić information content (AvgIpc) is 3.28. The molecule has 1 aromatic carbocycles. The van der Waals surface area contributed by atoms with Gasteiger partial charge in [-0.2, -0.15) is 0 Å². The number of hydrogen-bond acceptors (Lipinski definition) is 5. The van der Waals surface area contributed by atoms with E-state index in [0.29, 0.717) is 23.2 Å². The monoisotopic (exact) mass is 370 g/mol. The van der Waals surface area contributed by atoms with Crippen molar-refractivity contribution in [3.63, 3.8) is 0 Å². The average molecular weight is 370 g/mol. The highest BCUT2D eigenvalue weighted by Gasteiger charge is 2.23. The van der Waals surface area contributed by atoms with Crippen molar-refractivity contribution in [2.24, 2.45) is 0 Å². The summed E-state index contributed by atoms with van der Waals surface area (Å²) in [5.74, 6) is 0.423. The highest BCUT2D eigenvalue weighted by atomic mass is 32.1. The summed E-state index contributed by atoms with van der Waals surface area (Å²) in [6.45, 7) is 4.33. The Labute approximate surface area is 156 Å². The maximum atomic E-state index is 12.6. The third-order valence-corrected chi connectivity index (χ3v) is 6.18. The summed E-state index contributed by atoms with van der Waals surface area (Å²) < 4.78 is 0. The van der Waals surface area contributed by atoms with Gasteiger partial charge < -0.3 is 10.2 Å². The molecule has 0 radical (unpaired) electrons. The van der Waals surface area contributed by atoms with E-state index >= 15 is 0 Å². The number of carbonyl (C=O) groups is 2. The van der Waals surface area contributed by atoms with Gasteiger partial charge in [0.15, 0.2) is 5.13 Å². The topological polar surface area (TPSA) is 74.3 Å². The van der Waals surface area contributed by atoms with Crippen molar-refractivity contribution in [2.45, 2.75) is 32.1 Å². The number of nitrogens with zero attached hydrogens (tertiary/aromatic N) is 2. The van der Waals surface area contributed by atoms with Gasteiger partial charge in [0.25, 0.3) is 5.91 Å². The minimum Gasteiger partial charge on any atom is -0.317 e. The van der Waals surface area contributed by atoms with Gasteiger partial charge in [-0.3, -0.25) is 14.9 Å². The van der Waals surface area contributed by atoms with Gasteiger partial charge in [-0.1, -0.05) is 0 Å². The van der Waals surface area contributed by atoms with Gasteiger partial charge in [0, 0.05) is 35.8 Å². The second kappa shape index (κ2) is 7.17. The number of benzene rings is 1. The molecule has 3 heterocycles. The van der Waals surface area contributed by atoms with Crippen LogP contribution in [0.4, 0.5) is 10.8 Å². The Morgan fingerprint density at radius 2 is 2.12 bits per heavy atom. The minimum absolute atomic E-state index is 0.0363. The van der Waals surface area contributed by atoms with E-state index < -0.39 is 0 Å². The molecule has 0 spiro atoms. The number of piperidine rings is 1. The first-order chi connectivity index (χ1) is 12.6. The van der Waals surface area contributed by atoms with Crippen molar-refractivity contribution < 1.29 is 9.59 Å². The molecule has 2 aliphatic rings. The number of fused-ring (bicyclic) bond motifs is 1. The van der Waals surface area contributed by atoms with E-state index in [1.165, 1.54) is 4.88 Å². The fraction of sp³-hybridized carbons (Fsp3) is 0.421. The number of amides is 2. The van der Waals surface area contributed by atoms with Crippen molar-refractivity contribution in [1.82, 2.24) is 10.3 Å². The molecule has 0 bridgehead atoms. The summed E-state index contributed by atoms with van der Waals surface area (Å²) in [6.07, 6.45) is 4.91. The predicted octanol–water partition coefficient (Wildman–Crippen LogP) is 2.77. The van der Waals surface area contributed by atoms with Crippen LogP contribution in [0.2, 0.25) is 0 Å². The molecular weight excluding hydrogens is 348 g/mol. The van der Waals surface area contributed by atoms with Crippen LogP contribution in [0.5, 0.6) is 0 Å². The first kappa shape index (κ1) is 17.2. The molecule has 7 heteroatoms. The lowest BCUT2D eigenvalue weighted by atomic mass is 9.97. The third kappa shape index (κ3) is 3.37. The van der Waals surface area contributed by atoms with Crippen LogP contribution in [0.25, 0.3) is 0 Å². The van der Waals surface area contributed by atoms with Gasteiger partial charge >= 0.3 is 0 Å². The van der Waals surface area contributed by atoms with Crippen molar-refractivity contribution in [3.8, 4) is 0 Å². The SMILES string of the molecule is CC(=O)N1CCc2cc(C(=O)Nc3ncc(C4CCNCC4)s3)ccc21. The Morgan fingerprint density at radius 3 is 2.88 bits per heavy atom. The van der Waals surface area contributed by atoms with Crippen LogP contribution in [0, 0.1) is 0 Å². The van der Waals surface area contributed by atoms with Crippen LogP contribution in [0.1, 0.15) is 46.5 Å². The zero-order valence-corrected chi connectivity index (χ0v) is 15.6. The van der Waals surface area contributed by atoms with Crippen LogP contribution < -0.4 is 15.5 Å². The Bertz CT molecular complexity index is 842. The summed E-state index contributed by atoms with van der Waals surface area (Å²) in [5, 5.41) is 6.93.